The second kappa shape index (κ2) is 9.96. The lowest BCUT2D eigenvalue weighted by Crippen LogP contribution is -2.52. The number of benzene rings is 1. The van der Waals surface area contributed by atoms with E-state index in [0.717, 1.165) is 12.2 Å². The largest absolute Gasteiger partial charge is 0.467 e. The van der Waals surface area contributed by atoms with Crippen molar-refractivity contribution >= 4 is 11.8 Å². The van der Waals surface area contributed by atoms with Crippen molar-refractivity contribution in [2.75, 3.05) is 13.1 Å². The van der Waals surface area contributed by atoms with Gasteiger partial charge in [0.15, 0.2) is 0 Å². The molecule has 2 amide bonds. The van der Waals surface area contributed by atoms with E-state index < -0.39 is 5.54 Å². The summed E-state index contributed by atoms with van der Waals surface area (Å²) in [7, 11) is 0. The topological polar surface area (TPSA) is 53.8 Å². The fourth-order valence-electron chi connectivity index (χ4n) is 3.28. The van der Waals surface area contributed by atoms with Crippen molar-refractivity contribution in [2.24, 2.45) is 5.41 Å². The summed E-state index contributed by atoms with van der Waals surface area (Å²) < 4.78 is 5.48. The minimum absolute atomic E-state index is 0.00404. The Balaban J connectivity index is 2.16. The van der Waals surface area contributed by atoms with E-state index in [1.807, 2.05) is 71.9 Å². The molecule has 164 valence electrons. The van der Waals surface area contributed by atoms with Crippen LogP contribution in [0.1, 0.15) is 59.3 Å². The molecule has 5 heteroatoms. The van der Waals surface area contributed by atoms with Gasteiger partial charge in [-0.15, -0.1) is 0 Å². The van der Waals surface area contributed by atoms with Crippen molar-refractivity contribution in [3.05, 3.63) is 60.1 Å². The highest BCUT2D eigenvalue weighted by molar-refractivity contribution is 5.85. The van der Waals surface area contributed by atoms with Crippen LogP contribution >= 0.6 is 0 Å². The maximum Gasteiger partial charge on any atom is 0.242 e. The molecule has 0 aliphatic heterocycles. The third-order valence-electron chi connectivity index (χ3n) is 4.88. The molecule has 0 fully saturated rings. The van der Waals surface area contributed by atoms with Crippen molar-refractivity contribution in [2.45, 2.75) is 66.5 Å². The third kappa shape index (κ3) is 7.69. The predicted molar refractivity (Wildman–Crippen MR) is 120 cm³/mol. The van der Waals surface area contributed by atoms with Crippen LogP contribution in [0.5, 0.6) is 0 Å². The highest BCUT2D eigenvalue weighted by Gasteiger charge is 2.32. The fraction of sp³-hybridized carbons (Fsp3) is 0.520. The van der Waals surface area contributed by atoms with Crippen LogP contribution in [-0.4, -0.2) is 40.2 Å². The smallest absolute Gasteiger partial charge is 0.242 e. The van der Waals surface area contributed by atoms with Gasteiger partial charge in [-0.3, -0.25) is 9.59 Å². The van der Waals surface area contributed by atoms with Gasteiger partial charge in [0.05, 0.1) is 12.8 Å². The maximum atomic E-state index is 13.3. The molecule has 0 aliphatic rings. The monoisotopic (exact) mass is 412 g/mol. The Kier molecular flexibility index (Phi) is 7.88. The summed E-state index contributed by atoms with van der Waals surface area (Å²) in [6, 6.07) is 13.8. The molecular formula is C25H36N2O3. The van der Waals surface area contributed by atoms with E-state index >= 15 is 0 Å². The van der Waals surface area contributed by atoms with Gasteiger partial charge in [-0.1, -0.05) is 51.1 Å². The Bertz CT molecular complexity index is 799. The number of rotatable bonds is 8. The van der Waals surface area contributed by atoms with Crippen molar-refractivity contribution in [1.29, 1.82) is 0 Å². The third-order valence-corrected chi connectivity index (χ3v) is 4.88. The molecule has 30 heavy (non-hydrogen) atoms. The summed E-state index contributed by atoms with van der Waals surface area (Å²) in [6.07, 6.45) is 2.77. The summed E-state index contributed by atoms with van der Waals surface area (Å²) in [5.41, 5.74) is 0.602. The first-order chi connectivity index (χ1) is 14.0. The number of nitrogens with zero attached hydrogens (tertiary/aromatic N) is 2. The lowest BCUT2D eigenvalue weighted by Gasteiger charge is -2.38. The number of carbonyl (C=O) groups excluding carboxylic acids is 2. The van der Waals surface area contributed by atoms with E-state index in [-0.39, 0.29) is 23.8 Å². The minimum Gasteiger partial charge on any atom is -0.467 e. The Hall–Kier alpha value is -2.56. The van der Waals surface area contributed by atoms with Crippen LogP contribution in [0.25, 0.3) is 0 Å². The van der Waals surface area contributed by atoms with Crippen LogP contribution in [0.3, 0.4) is 0 Å². The molecule has 0 radical (unpaired) electrons. The number of hydrogen-bond donors (Lipinski definition) is 0. The van der Waals surface area contributed by atoms with Crippen LogP contribution in [0.2, 0.25) is 0 Å². The second-order valence-corrected chi connectivity index (χ2v) is 10.0. The average Bonchev–Trinajstić information content (AvgIpc) is 3.14. The molecule has 0 bridgehead atoms. The zero-order valence-electron chi connectivity index (χ0n) is 19.3. The van der Waals surface area contributed by atoms with Crippen molar-refractivity contribution < 1.29 is 14.0 Å². The summed E-state index contributed by atoms with van der Waals surface area (Å²) in [5.74, 6) is 0.670. The fourth-order valence-corrected chi connectivity index (χ4v) is 3.28. The lowest BCUT2D eigenvalue weighted by atomic mass is 9.90. The first-order valence-corrected chi connectivity index (χ1v) is 10.6. The molecule has 0 aliphatic carbocycles. The van der Waals surface area contributed by atoms with Gasteiger partial charge in [0.1, 0.15) is 12.3 Å². The predicted octanol–water partition coefficient (Wildman–Crippen LogP) is 4.91. The maximum absolute atomic E-state index is 13.3. The quantitative estimate of drug-likeness (QED) is 0.619. The summed E-state index contributed by atoms with van der Waals surface area (Å²) in [6.45, 7) is 13.1. The lowest BCUT2D eigenvalue weighted by molar-refractivity contribution is -0.146. The van der Waals surface area contributed by atoms with Crippen LogP contribution in [-0.2, 0) is 22.6 Å². The zero-order chi connectivity index (χ0) is 22.4. The Morgan fingerprint density at radius 1 is 0.900 bits per heavy atom. The molecular weight excluding hydrogens is 376 g/mol. The SMILES string of the molecule is CC(C)(C)CC(=O)N(CC(=O)N(CCc1ccccc1)Cc1ccco1)C(C)(C)C. The van der Waals surface area contributed by atoms with E-state index in [4.69, 9.17) is 4.42 Å². The number of hydrogen-bond acceptors (Lipinski definition) is 3. The number of furan rings is 1. The van der Waals surface area contributed by atoms with Gasteiger partial charge in [0, 0.05) is 18.5 Å². The Labute approximate surface area is 181 Å². The summed E-state index contributed by atoms with van der Waals surface area (Å²) in [4.78, 5) is 29.8. The van der Waals surface area contributed by atoms with Crippen molar-refractivity contribution in [3.8, 4) is 0 Å². The molecule has 0 unspecified atom stereocenters. The standard InChI is InChI=1S/C25H36N2O3/c1-24(2,3)17-22(28)27(25(4,5)6)19-23(29)26(18-21-13-10-16-30-21)15-14-20-11-8-7-9-12-20/h7-13,16H,14-15,17-19H2,1-6H3. The molecule has 1 heterocycles. The molecule has 2 aromatic rings. The molecule has 0 saturated carbocycles. The number of carbonyl (C=O) groups is 2. The second-order valence-electron chi connectivity index (χ2n) is 10.0. The molecule has 2 rings (SSSR count). The highest BCUT2D eigenvalue weighted by Crippen LogP contribution is 2.24. The molecule has 0 spiro atoms. The van der Waals surface area contributed by atoms with E-state index in [9.17, 15) is 9.59 Å². The van der Waals surface area contributed by atoms with Gasteiger partial charge < -0.3 is 14.2 Å². The highest BCUT2D eigenvalue weighted by atomic mass is 16.3. The van der Waals surface area contributed by atoms with Gasteiger partial charge >= 0.3 is 0 Å². The van der Waals surface area contributed by atoms with Crippen molar-refractivity contribution in [1.82, 2.24) is 9.80 Å². The molecule has 1 aromatic carbocycles. The van der Waals surface area contributed by atoms with Crippen LogP contribution in [0.4, 0.5) is 0 Å². The minimum atomic E-state index is -0.437. The molecule has 1 aromatic heterocycles. The number of amides is 2. The Morgan fingerprint density at radius 2 is 1.57 bits per heavy atom. The van der Waals surface area contributed by atoms with E-state index in [0.29, 0.717) is 19.5 Å². The zero-order valence-corrected chi connectivity index (χ0v) is 19.3. The van der Waals surface area contributed by atoms with Gasteiger partial charge in [-0.2, -0.15) is 0 Å². The van der Waals surface area contributed by atoms with Crippen molar-refractivity contribution in [3.63, 3.8) is 0 Å². The molecule has 0 atom stereocenters. The molecule has 0 N–H and O–H groups in total. The molecule has 5 nitrogen and oxygen atoms in total. The van der Waals surface area contributed by atoms with Gasteiger partial charge in [-0.25, -0.2) is 0 Å². The Morgan fingerprint density at radius 3 is 2.10 bits per heavy atom. The first kappa shape index (κ1) is 23.7. The van der Waals surface area contributed by atoms with Crippen LogP contribution in [0, 0.1) is 5.41 Å². The van der Waals surface area contributed by atoms with Gasteiger partial charge in [-0.05, 0) is 50.3 Å². The first-order valence-electron chi connectivity index (χ1n) is 10.6. The van der Waals surface area contributed by atoms with Crippen LogP contribution in [0.15, 0.2) is 53.1 Å². The van der Waals surface area contributed by atoms with Gasteiger partial charge in [0.2, 0.25) is 11.8 Å². The summed E-state index contributed by atoms with van der Waals surface area (Å²) in [5, 5.41) is 0. The van der Waals surface area contributed by atoms with E-state index in [2.05, 4.69) is 12.1 Å². The average molecular weight is 413 g/mol. The van der Waals surface area contributed by atoms with Crippen LogP contribution < -0.4 is 0 Å². The van der Waals surface area contributed by atoms with Gasteiger partial charge in [0.25, 0.3) is 0 Å². The normalized spacial score (nSPS) is 11.9. The van der Waals surface area contributed by atoms with E-state index in [1.165, 1.54) is 5.56 Å². The van der Waals surface area contributed by atoms with E-state index in [1.54, 1.807) is 16.1 Å². The molecule has 0 saturated heterocycles. The summed E-state index contributed by atoms with van der Waals surface area (Å²) >= 11 is 0.